The van der Waals surface area contributed by atoms with Crippen molar-refractivity contribution >= 4 is 11.7 Å². The van der Waals surface area contributed by atoms with Crippen LogP contribution in [0.2, 0.25) is 0 Å². The largest absolute Gasteiger partial charge is 0.437 e. The molecular weight excluding hydrogens is 216 g/mol. The van der Waals surface area contributed by atoms with Gasteiger partial charge >= 0.3 is 0 Å². The zero-order valence-corrected chi connectivity index (χ0v) is 10.9. The third kappa shape index (κ3) is 2.36. The van der Waals surface area contributed by atoms with Crippen LogP contribution in [0, 0.1) is 0 Å². The van der Waals surface area contributed by atoms with Crippen LogP contribution in [-0.4, -0.2) is 42.9 Å². The molecule has 0 spiro atoms. The summed E-state index contributed by atoms with van der Waals surface area (Å²) in [6.07, 6.45) is 0. The summed E-state index contributed by atoms with van der Waals surface area (Å²) in [5.41, 5.74) is 0. The van der Waals surface area contributed by atoms with Crippen molar-refractivity contribution in [2.24, 2.45) is 0 Å². The van der Waals surface area contributed by atoms with Gasteiger partial charge in [0.15, 0.2) is 17.4 Å². The maximum absolute atomic E-state index is 11.2. The van der Waals surface area contributed by atoms with Crippen LogP contribution < -0.4 is 4.90 Å². The SMILES string of the molecule is CC(=O)c1ccc(N2CC(C)N(C)C(C)C2)o1. The first-order valence-corrected chi connectivity index (χ1v) is 6.06. The molecule has 0 aliphatic carbocycles. The number of rotatable bonds is 2. The van der Waals surface area contributed by atoms with E-state index in [1.54, 1.807) is 6.07 Å². The lowest BCUT2D eigenvalue weighted by Gasteiger charge is -2.42. The van der Waals surface area contributed by atoms with E-state index in [2.05, 4.69) is 30.7 Å². The highest BCUT2D eigenvalue weighted by Gasteiger charge is 2.28. The Balaban J connectivity index is 2.14. The summed E-state index contributed by atoms with van der Waals surface area (Å²) < 4.78 is 5.57. The number of carbonyl (C=O) groups excluding carboxylic acids is 1. The standard InChI is InChI=1S/C13H20N2O2/c1-9-7-15(8-10(2)14(9)4)13-6-5-12(17-13)11(3)16/h5-6,9-10H,7-8H2,1-4H3. The molecule has 1 fully saturated rings. The molecular formula is C13H20N2O2. The van der Waals surface area contributed by atoms with Crippen LogP contribution in [0.1, 0.15) is 31.3 Å². The number of carbonyl (C=O) groups is 1. The van der Waals surface area contributed by atoms with Gasteiger partial charge in [0.05, 0.1) is 0 Å². The van der Waals surface area contributed by atoms with Gasteiger partial charge < -0.3 is 9.32 Å². The van der Waals surface area contributed by atoms with Gasteiger partial charge in [-0.1, -0.05) is 0 Å². The van der Waals surface area contributed by atoms with E-state index in [4.69, 9.17) is 4.42 Å². The molecule has 1 aliphatic rings. The number of hydrogen-bond donors (Lipinski definition) is 0. The number of piperazine rings is 1. The van der Waals surface area contributed by atoms with E-state index < -0.39 is 0 Å². The third-order valence-electron chi connectivity index (χ3n) is 3.61. The second-order valence-corrected chi connectivity index (χ2v) is 4.96. The van der Waals surface area contributed by atoms with Crippen LogP contribution in [0.5, 0.6) is 0 Å². The molecule has 2 atom stereocenters. The molecule has 2 rings (SSSR count). The molecule has 1 aromatic heterocycles. The van der Waals surface area contributed by atoms with Crippen LogP contribution in [0.15, 0.2) is 16.5 Å². The maximum atomic E-state index is 11.2. The fourth-order valence-corrected chi connectivity index (χ4v) is 2.27. The van der Waals surface area contributed by atoms with Crippen molar-refractivity contribution in [2.45, 2.75) is 32.9 Å². The Labute approximate surface area is 102 Å². The summed E-state index contributed by atoms with van der Waals surface area (Å²) in [4.78, 5) is 15.8. The molecule has 1 aliphatic heterocycles. The zero-order valence-electron chi connectivity index (χ0n) is 10.9. The van der Waals surface area contributed by atoms with Gasteiger partial charge in [-0.15, -0.1) is 0 Å². The molecule has 0 aromatic carbocycles. The van der Waals surface area contributed by atoms with E-state index in [0.717, 1.165) is 19.0 Å². The lowest BCUT2D eigenvalue weighted by Crippen LogP contribution is -2.55. The van der Waals surface area contributed by atoms with Crippen molar-refractivity contribution in [1.82, 2.24) is 4.90 Å². The number of anilines is 1. The highest BCUT2D eigenvalue weighted by atomic mass is 16.4. The number of likely N-dealkylation sites (N-methyl/N-ethyl adjacent to an activating group) is 1. The fourth-order valence-electron chi connectivity index (χ4n) is 2.27. The molecule has 1 aromatic rings. The van der Waals surface area contributed by atoms with Gasteiger partial charge in [0.2, 0.25) is 0 Å². The first-order chi connectivity index (χ1) is 7.99. The smallest absolute Gasteiger partial charge is 0.196 e. The molecule has 0 saturated carbocycles. The number of ketones is 1. The van der Waals surface area contributed by atoms with Gasteiger partial charge in [0.25, 0.3) is 0 Å². The second-order valence-electron chi connectivity index (χ2n) is 4.96. The van der Waals surface area contributed by atoms with Crippen molar-refractivity contribution in [1.29, 1.82) is 0 Å². The summed E-state index contributed by atoms with van der Waals surface area (Å²) in [5.74, 6) is 1.23. The quantitative estimate of drug-likeness (QED) is 0.736. The van der Waals surface area contributed by atoms with Crippen molar-refractivity contribution < 1.29 is 9.21 Å². The van der Waals surface area contributed by atoms with Crippen molar-refractivity contribution in [3.8, 4) is 0 Å². The fraction of sp³-hybridized carbons (Fsp3) is 0.615. The average Bonchev–Trinajstić information content (AvgIpc) is 2.74. The molecule has 0 N–H and O–H groups in total. The zero-order chi connectivity index (χ0) is 12.6. The van der Waals surface area contributed by atoms with Crippen LogP contribution in [0.25, 0.3) is 0 Å². The molecule has 4 nitrogen and oxygen atoms in total. The predicted octanol–water partition coefficient (Wildman–Crippen LogP) is 2.01. The molecule has 4 heteroatoms. The Bertz CT molecular complexity index is 401. The molecule has 2 heterocycles. The van der Waals surface area contributed by atoms with Gasteiger partial charge in [0, 0.05) is 38.2 Å². The van der Waals surface area contributed by atoms with Crippen LogP contribution >= 0.6 is 0 Å². The van der Waals surface area contributed by atoms with Gasteiger partial charge in [-0.05, 0) is 27.0 Å². The summed E-state index contributed by atoms with van der Waals surface area (Å²) in [7, 11) is 2.15. The maximum Gasteiger partial charge on any atom is 0.196 e. The van der Waals surface area contributed by atoms with Crippen LogP contribution in [0.4, 0.5) is 5.88 Å². The summed E-state index contributed by atoms with van der Waals surface area (Å²) in [6.45, 7) is 7.81. The van der Waals surface area contributed by atoms with E-state index in [1.807, 2.05) is 6.07 Å². The highest BCUT2D eigenvalue weighted by Crippen LogP contribution is 2.23. The van der Waals surface area contributed by atoms with E-state index >= 15 is 0 Å². The second kappa shape index (κ2) is 4.53. The lowest BCUT2D eigenvalue weighted by molar-refractivity contribution is 0.0987. The van der Waals surface area contributed by atoms with E-state index in [9.17, 15) is 4.79 Å². The average molecular weight is 236 g/mol. The topological polar surface area (TPSA) is 36.7 Å². The van der Waals surface area contributed by atoms with Gasteiger partial charge in [0.1, 0.15) is 0 Å². The van der Waals surface area contributed by atoms with Gasteiger partial charge in [-0.2, -0.15) is 0 Å². The number of Topliss-reactive ketones (excluding diaryl/α,β-unsaturated/α-hetero) is 1. The van der Waals surface area contributed by atoms with Crippen LogP contribution in [-0.2, 0) is 0 Å². The molecule has 94 valence electrons. The Kier molecular flexibility index (Phi) is 3.24. The van der Waals surface area contributed by atoms with E-state index in [0.29, 0.717) is 17.8 Å². The van der Waals surface area contributed by atoms with E-state index in [1.165, 1.54) is 6.92 Å². The number of furan rings is 1. The number of nitrogens with zero attached hydrogens (tertiary/aromatic N) is 2. The summed E-state index contributed by atoms with van der Waals surface area (Å²) in [5, 5.41) is 0. The molecule has 0 bridgehead atoms. The minimum Gasteiger partial charge on any atom is -0.437 e. The normalized spacial score (nSPS) is 26.2. The lowest BCUT2D eigenvalue weighted by atomic mass is 10.1. The van der Waals surface area contributed by atoms with Crippen LogP contribution in [0.3, 0.4) is 0 Å². The van der Waals surface area contributed by atoms with Crippen molar-refractivity contribution in [3.63, 3.8) is 0 Å². The van der Waals surface area contributed by atoms with Crippen molar-refractivity contribution in [2.75, 3.05) is 25.0 Å². The Morgan fingerprint density at radius 3 is 2.35 bits per heavy atom. The minimum atomic E-state index is -0.0218. The monoisotopic (exact) mass is 236 g/mol. The minimum absolute atomic E-state index is 0.0218. The van der Waals surface area contributed by atoms with Gasteiger partial charge in [-0.3, -0.25) is 9.69 Å². The summed E-state index contributed by atoms with van der Waals surface area (Å²) in [6, 6.07) is 4.63. The Hall–Kier alpha value is -1.29. The molecule has 1 saturated heterocycles. The molecule has 0 amide bonds. The molecule has 0 radical (unpaired) electrons. The number of hydrogen-bond acceptors (Lipinski definition) is 4. The van der Waals surface area contributed by atoms with E-state index in [-0.39, 0.29) is 5.78 Å². The molecule has 2 unspecified atom stereocenters. The Morgan fingerprint density at radius 1 is 1.29 bits per heavy atom. The first kappa shape index (κ1) is 12.2. The Morgan fingerprint density at radius 2 is 1.88 bits per heavy atom. The highest BCUT2D eigenvalue weighted by molar-refractivity contribution is 5.91. The van der Waals surface area contributed by atoms with Crippen molar-refractivity contribution in [3.05, 3.63) is 17.9 Å². The third-order valence-corrected chi connectivity index (χ3v) is 3.61. The van der Waals surface area contributed by atoms with Gasteiger partial charge in [-0.25, -0.2) is 0 Å². The molecule has 17 heavy (non-hydrogen) atoms. The predicted molar refractivity (Wildman–Crippen MR) is 67.6 cm³/mol. The summed E-state index contributed by atoms with van der Waals surface area (Å²) >= 11 is 0. The first-order valence-electron chi connectivity index (χ1n) is 6.06.